The van der Waals surface area contributed by atoms with E-state index in [1.54, 1.807) is 0 Å². The Hall–Kier alpha value is -0.830. The molecule has 0 aromatic carbocycles. The van der Waals surface area contributed by atoms with Crippen LogP contribution >= 0.6 is 0 Å². The zero-order valence-corrected chi connectivity index (χ0v) is 10.3. The molecule has 1 aliphatic heterocycles. The number of carbonyl (C=O) groups is 1. The lowest BCUT2D eigenvalue weighted by atomic mass is 9.88. The molecular weight excluding hydrogens is 202 g/mol. The highest BCUT2D eigenvalue weighted by Gasteiger charge is 2.45. The van der Waals surface area contributed by atoms with E-state index in [9.17, 15) is 4.79 Å². The number of rotatable bonds is 3. The largest absolute Gasteiger partial charge is 0.490 e. The van der Waals surface area contributed by atoms with Gasteiger partial charge in [0.1, 0.15) is 0 Å². The normalized spacial score (nSPS) is 24.1. The van der Waals surface area contributed by atoms with Gasteiger partial charge in [-0.15, -0.1) is 0 Å². The van der Waals surface area contributed by atoms with Crippen LogP contribution in [0.25, 0.3) is 0 Å². The molecule has 0 atom stereocenters. The van der Waals surface area contributed by atoms with Crippen LogP contribution in [0.1, 0.15) is 38.5 Å². The van der Waals surface area contributed by atoms with Crippen LogP contribution in [0.3, 0.4) is 0 Å². The van der Waals surface area contributed by atoms with Gasteiger partial charge in [0.15, 0.2) is 5.76 Å². The maximum atomic E-state index is 12.5. The number of allylic oxidation sites excluding steroid dienone is 1. The van der Waals surface area contributed by atoms with Gasteiger partial charge in [0.05, 0.1) is 12.1 Å². The molecule has 3 nitrogen and oxygen atoms in total. The van der Waals surface area contributed by atoms with Gasteiger partial charge in [0.25, 0.3) is 0 Å². The minimum atomic E-state index is -0.289. The molecule has 3 heteroatoms. The number of hydrogen-bond acceptors (Lipinski definition) is 3. The molecule has 0 unspecified atom stereocenters. The van der Waals surface area contributed by atoms with Crippen molar-refractivity contribution in [2.24, 2.45) is 0 Å². The Balaban J connectivity index is 2.20. The van der Waals surface area contributed by atoms with Crippen LogP contribution in [0, 0.1) is 0 Å². The topological polar surface area (TPSA) is 29.5 Å². The van der Waals surface area contributed by atoms with Gasteiger partial charge in [-0.05, 0) is 45.9 Å². The first-order valence-electron chi connectivity index (χ1n) is 6.22. The van der Waals surface area contributed by atoms with Crippen LogP contribution in [0.15, 0.2) is 11.8 Å². The van der Waals surface area contributed by atoms with E-state index >= 15 is 0 Å². The Labute approximate surface area is 97.5 Å². The van der Waals surface area contributed by atoms with Crippen molar-refractivity contribution >= 4 is 5.78 Å². The van der Waals surface area contributed by atoms with Gasteiger partial charge in [-0.3, -0.25) is 9.69 Å². The van der Waals surface area contributed by atoms with E-state index in [0.717, 1.165) is 38.5 Å². The number of likely N-dealkylation sites (N-methyl/N-ethyl adjacent to an activating group) is 1. The standard InChI is InChI=1S/C13H21NO2/c1-14(2)13(8-4-5-9-13)12(15)11-7-3-6-10-16-11/h7H,3-6,8-10H2,1-2H3. The van der Waals surface area contributed by atoms with E-state index in [-0.39, 0.29) is 11.3 Å². The first-order valence-corrected chi connectivity index (χ1v) is 6.22. The van der Waals surface area contributed by atoms with Gasteiger partial charge in [0, 0.05) is 0 Å². The molecule has 0 radical (unpaired) electrons. The Morgan fingerprint density at radius 2 is 2.00 bits per heavy atom. The van der Waals surface area contributed by atoms with Crippen LogP contribution < -0.4 is 0 Å². The minimum absolute atomic E-state index is 0.203. The number of Topliss-reactive ketones (excluding diaryl/α,β-unsaturated/α-hetero) is 1. The van der Waals surface area contributed by atoms with Crippen LogP contribution in [0.4, 0.5) is 0 Å². The van der Waals surface area contributed by atoms with Gasteiger partial charge in [-0.25, -0.2) is 0 Å². The summed E-state index contributed by atoms with van der Waals surface area (Å²) >= 11 is 0. The fourth-order valence-corrected chi connectivity index (χ4v) is 2.78. The molecule has 1 fully saturated rings. The molecule has 16 heavy (non-hydrogen) atoms. The number of hydrogen-bond donors (Lipinski definition) is 0. The zero-order valence-electron chi connectivity index (χ0n) is 10.3. The number of ether oxygens (including phenoxy) is 1. The van der Waals surface area contributed by atoms with E-state index in [1.165, 1.54) is 0 Å². The molecular formula is C13H21NO2. The second kappa shape index (κ2) is 4.58. The summed E-state index contributed by atoms with van der Waals surface area (Å²) < 4.78 is 5.51. The van der Waals surface area contributed by atoms with Gasteiger partial charge in [0.2, 0.25) is 5.78 Å². The van der Waals surface area contributed by atoms with Crippen molar-refractivity contribution in [1.29, 1.82) is 0 Å². The Kier molecular flexibility index (Phi) is 3.33. The summed E-state index contributed by atoms with van der Waals surface area (Å²) in [7, 11) is 4.01. The highest BCUT2D eigenvalue weighted by molar-refractivity contribution is 6.01. The molecule has 2 rings (SSSR count). The lowest BCUT2D eigenvalue weighted by molar-refractivity contribution is -0.129. The molecule has 0 N–H and O–H groups in total. The van der Waals surface area contributed by atoms with Crippen molar-refractivity contribution in [3.8, 4) is 0 Å². The maximum absolute atomic E-state index is 12.5. The first-order chi connectivity index (χ1) is 7.67. The summed E-state index contributed by atoms with van der Waals surface area (Å²) in [5.74, 6) is 0.816. The van der Waals surface area contributed by atoms with E-state index in [2.05, 4.69) is 4.90 Å². The molecule has 0 aromatic heterocycles. The molecule has 0 amide bonds. The smallest absolute Gasteiger partial charge is 0.217 e. The van der Waals surface area contributed by atoms with Crippen LogP contribution in [-0.2, 0) is 9.53 Å². The second-order valence-electron chi connectivity index (χ2n) is 5.02. The third kappa shape index (κ3) is 1.88. The molecule has 0 saturated heterocycles. The predicted molar refractivity (Wildman–Crippen MR) is 63.2 cm³/mol. The summed E-state index contributed by atoms with van der Waals surface area (Å²) in [5.41, 5.74) is -0.289. The van der Waals surface area contributed by atoms with E-state index in [4.69, 9.17) is 4.74 Å². The van der Waals surface area contributed by atoms with Gasteiger partial charge in [-0.1, -0.05) is 12.8 Å². The average Bonchev–Trinajstić information content (AvgIpc) is 2.79. The molecule has 2 aliphatic rings. The fourth-order valence-electron chi connectivity index (χ4n) is 2.78. The molecule has 0 aromatic rings. The van der Waals surface area contributed by atoms with E-state index in [0.29, 0.717) is 12.4 Å². The third-order valence-corrected chi connectivity index (χ3v) is 3.87. The fraction of sp³-hybridized carbons (Fsp3) is 0.769. The summed E-state index contributed by atoms with van der Waals surface area (Å²) in [6, 6.07) is 0. The number of ketones is 1. The lowest BCUT2D eigenvalue weighted by Crippen LogP contribution is -2.50. The quantitative estimate of drug-likeness (QED) is 0.734. The van der Waals surface area contributed by atoms with Crippen molar-refractivity contribution in [2.75, 3.05) is 20.7 Å². The predicted octanol–water partition coefficient (Wildman–Crippen LogP) is 2.12. The SMILES string of the molecule is CN(C)C1(C(=O)C2=CCCCO2)CCCC1. The van der Waals surface area contributed by atoms with Crippen LogP contribution in [0.2, 0.25) is 0 Å². The van der Waals surface area contributed by atoms with Crippen LogP contribution in [-0.4, -0.2) is 36.9 Å². The van der Waals surface area contributed by atoms with Crippen molar-refractivity contribution in [1.82, 2.24) is 4.90 Å². The molecule has 0 spiro atoms. The number of nitrogens with zero attached hydrogens (tertiary/aromatic N) is 1. The second-order valence-corrected chi connectivity index (χ2v) is 5.02. The summed E-state index contributed by atoms with van der Waals surface area (Å²) in [5, 5.41) is 0. The Morgan fingerprint density at radius 3 is 2.50 bits per heavy atom. The van der Waals surface area contributed by atoms with Gasteiger partial charge < -0.3 is 4.74 Å². The van der Waals surface area contributed by atoms with Crippen LogP contribution in [0.5, 0.6) is 0 Å². The molecule has 1 saturated carbocycles. The summed E-state index contributed by atoms with van der Waals surface area (Å²) in [6.45, 7) is 0.696. The van der Waals surface area contributed by atoms with Crippen molar-refractivity contribution in [3.63, 3.8) is 0 Å². The van der Waals surface area contributed by atoms with Crippen molar-refractivity contribution < 1.29 is 9.53 Å². The monoisotopic (exact) mass is 223 g/mol. The number of carbonyl (C=O) groups excluding carboxylic acids is 1. The lowest BCUT2D eigenvalue weighted by Gasteiger charge is -2.35. The molecule has 1 heterocycles. The van der Waals surface area contributed by atoms with Crippen molar-refractivity contribution in [3.05, 3.63) is 11.8 Å². The summed E-state index contributed by atoms with van der Waals surface area (Å²) in [6.07, 6.45) is 8.22. The average molecular weight is 223 g/mol. The zero-order chi connectivity index (χ0) is 11.6. The third-order valence-electron chi connectivity index (χ3n) is 3.87. The highest BCUT2D eigenvalue weighted by Crippen LogP contribution is 2.37. The van der Waals surface area contributed by atoms with E-state index < -0.39 is 0 Å². The van der Waals surface area contributed by atoms with Crippen molar-refractivity contribution in [2.45, 2.75) is 44.1 Å². The Morgan fingerprint density at radius 1 is 1.31 bits per heavy atom. The Bertz CT molecular complexity index is 301. The summed E-state index contributed by atoms with van der Waals surface area (Å²) in [4.78, 5) is 14.6. The van der Waals surface area contributed by atoms with Gasteiger partial charge in [-0.2, -0.15) is 0 Å². The molecule has 1 aliphatic carbocycles. The van der Waals surface area contributed by atoms with E-state index in [1.807, 2.05) is 20.2 Å². The highest BCUT2D eigenvalue weighted by atomic mass is 16.5. The first kappa shape index (κ1) is 11.6. The maximum Gasteiger partial charge on any atom is 0.217 e. The minimum Gasteiger partial charge on any atom is -0.490 e. The molecule has 0 bridgehead atoms. The molecule has 90 valence electrons. The van der Waals surface area contributed by atoms with Gasteiger partial charge >= 0.3 is 0 Å².